The third kappa shape index (κ3) is 4.69. The molecule has 0 spiro atoms. The zero-order valence-corrected chi connectivity index (χ0v) is 16.4. The fourth-order valence-corrected chi connectivity index (χ4v) is 3.74. The summed E-state index contributed by atoms with van der Waals surface area (Å²) >= 11 is 1.01. The second kappa shape index (κ2) is 8.13. The standard InChI is InChI=1S/C21H16F3N3OS/c1-12-7-13(2)19-14(8-12)9-15(10-25)20(27-19)29-11-18(28)26-17-6-4-3-5-16(17)21(22,23)24/h3-9H,11H2,1-2H3,(H,26,28). The normalized spacial score (nSPS) is 11.3. The first kappa shape index (κ1) is 20.7. The fraction of sp³-hybridized carbons (Fsp3) is 0.190. The summed E-state index contributed by atoms with van der Waals surface area (Å²) in [4.78, 5) is 16.7. The maximum Gasteiger partial charge on any atom is 0.418 e. The van der Waals surface area contributed by atoms with Gasteiger partial charge in [-0.15, -0.1) is 0 Å². The van der Waals surface area contributed by atoms with Crippen molar-refractivity contribution in [1.29, 1.82) is 5.26 Å². The van der Waals surface area contributed by atoms with Gasteiger partial charge in [0.15, 0.2) is 0 Å². The Bertz CT molecular complexity index is 1140. The Morgan fingerprint density at radius 3 is 2.62 bits per heavy atom. The molecule has 0 saturated heterocycles. The molecule has 0 radical (unpaired) electrons. The smallest absolute Gasteiger partial charge is 0.325 e. The molecule has 0 saturated carbocycles. The van der Waals surface area contributed by atoms with E-state index < -0.39 is 17.6 Å². The first-order chi connectivity index (χ1) is 13.7. The third-order valence-corrected chi connectivity index (χ3v) is 5.18. The largest absolute Gasteiger partial charge is 0.418 e. The lowest BCUT2D eigenvalue weighted by Crippen LogP contribution is -2.18. The number of anilines is 1. The number of rotatable bonds is 4. The molecular weight excluding hydrogens is 399 g/mol. The van der Waals surface area contributed by atoms with Gasteiger partial charge in [0.25, 0.3) is 0 Å². The van der Waals surface area contributed by atoms with Gasteiger partial charge < -0.3 is 5.32 Å². The molecule has 3 aromatic rings. The van der Waals surface area contributed by atoms with Crippen LogP contribution in [0.3, 0.4) is 0 Å². The Balaban J connectivity index is 1.81. The summed E-state index contributed by atoms with van der Waals surface area (Å²) in [5.41, 5.74) is 1.81. The van der Waals surface area contributed by atoms with Crippen LogP contribution in [-0.2, 0) is 11.0 Å². The minimum absolute atomic E-state index is 0.176. The van der Waals surface area contributed by atoms with Gasteiger partial charge in [0.05, 0.1) is 28.1 Å². The number of benzene rings is 2. The van der Waals surface area contributed by atoms with E-state index in [2.05, 4.69) is 16.4 Å². The number of alkyl halides is 3. The van der Waals surface area contributed by atoms with Gasteiger partial charge in [0, 0.05) is 5.39 Å². The predicted octanol–water partition coefficient (Wildman–Crippen LogP) is 5.47. The van der Waals surface area contributed by atoms with E-state index in [1.165, 1.54) is 18.2 Å². The van der Waals surface area contributed by atoms with Crippen LogP contribution in [0.5, 0.6) is 0 Å². The number of nitrogens with zero attached hydrogens (tertiary/aromatic N) is 2. The molecule has 1 amide bonds. The van der Waals surface area contributed by atoms with Crippen LogP contribution in [-0.4, -0.2) is 16.6 Å². The summed E-state index contributed by atoms with van der Waals surface area (Å²) in [5, 5.41) is 12.9. The molecule has 1 aromatic heterocycles. The second-order valence-corrected chi connectivity index (χ2v) is 7.45. The zero-order chi connectivity index (χ0) is 21.2. The van der Waals surface area contributed by atoms with Gasteiger partial charge in [-0.1, -0.05) is 35.5 Å². The summed E-state index contributed by atoms with van der Waals surface area (Å²) in [6.45, 7) is 3.86. The molecule has 0 fully saturated rings. The molecule has 4 nitrogen and oxygen atoms in total. The minimum Gasteiger partial charge on any atom is -0.325 e. The molecule has 0 aliphatic heterocycles. The Hall–Kier alpha value is -3.05. The number of fused-ring (bicyclic) bond motifs is 1. The molecule has 3 rings (SSSR count). The van der Waals surface area contributed by atoms with Crippen molar-refractivity contribution in [2.24, 2.45) is 0 Å². The lowest BCUT2D eigenvalue weighted by atomic mass is 10.1. The molecule has 1 N–H and O–H groups in total. The number of carbonyl (C=O) groups is 1. The van der Waals surface area contributed by atoms with Crippen LogP contribution in [0.25, 0.3) is 10.9 Å². The highest BCUT2D eigenvalue weighted by atomic mass is 32.2. The molecule has 0 atom stereocenters. The van der Waals surface area contributed by atoms with Crippen LogP contribution in [0.15, 0.2) is 47.5 Å². The monoisotopic (exact) mass is 415 g/mol. The number of aryl methyl sites for hydroxylation is 2. The van der Waals surface area contributed by atoms with Crippen LogP contribution in [0.4, 0.5) is 18.9 Å². The summed E-state index contributed by atoms with van der Waals surface area (Å²) in [7, 11) is 0. The Morgan fingerprint density at radius 1 is 1.21 bits per heavy atom. The third-order valence-electron chi connectivity index (χ3n) is 4.18. The van der Waals surface area contributed by atoms with Crippen LogP contribution >= 0.6 is 11.8 Å². The number of para-hydroxylation sites is 1. The zero-order valence-electron chi connectivity index (χ0n) is 15.6. The highest BCUT2D eigenvalue weighted by Crippen LogP contribution is 2.35. The van der Waals surface area contributed by atoms with E-state index in [0.29, 0.717) is 10.6 Å². The maximum absolute atomic E-state index is 13.1. The summed E-state index contributed by atoms with van der Waals surface area (Å²) in [5.74, 6) is -0.789. The number of nitrogens with one attached hydrogen (secondary N) is 1. The number of hydrogen-bond acceptors (Lipinski definition) is 4. The first-order valence-corrected chi connectivity index (χ1v) is 9.58. The van der Waals surface area contributed by atoms with Gasteiger partial charge in [-0.2, -0.15) is 18.4 Å². The lowest BCUT2D eigenvalue weighted by molar-refractivity contribution is -0.137. The van der Waals surface area contributed by atoms with Crippen molar-refractivity contribution < 1.29 is 18.0 Å². The van der Waals surface area contributed by atoms with E-state index in [-0.39, 0.29) is 11.4 Å². The molecule has 2 aromatic carbocycles. The van der Waals surface area contributed by atoms with Crippen molar-refractivity contribution in [2.75, 3.05) is 11.1 Å². The van der Waals surface area contributed by atoms with Crippen molar-refractivity contribution in [3.63, 3.8) is 0 Å². The Morgan fingerprint density at radius 2 is 1.93 bits per heavy atom. The van der Waals surface area contributed by atoms with E-state index in [0.717, 1.165) is 39.9 Å². The highest BCUT2D eigenvalue weighted by molar-refractivity contribution is 8.00. The van der Waals surface area contributed by atoms with Gasteiger partial charge >= 0.3 is 6.18 Å². The molecular formula is C21H16F3N3OS. The number of halogens is 3. The van der Waals surface area contributed by atoms with Gasteiger partial charge in [-0.25, -0.2) is 4.98 Å². The fourth-order valence-electron chi connectivity index (χ4n) is 2.98. The van der Waals surface area contributed by atoms with Crippen LogP contribution in [0.1, 0.15) is 22.3 Å². The molecule has 0 unspecified atom stereocenters. The Labute approximate surface area is 169 Å². The SMILES string of the molecule is Cc1cc(C)c2nc(SCC(=O)Nc3ccccc3C(F)(F)F)c(C#N)cc2c1. The second-order valence-electron chi connectivity index (χ2n) is 6.49. The Kier molecular flexibility index (Phi) is 5.80. The van der Waals surface area contributed by atoms with E-state index in [4.69, 9.17) is 0 Å². The summed E-state index contributed by atoms with van der Waals surface area (Å²) in [6.07, 6.45) is -4.57. The van der Waals surface area contributed by atoms with Crippen molar-refractivity contribution in [3.05, 3.63) is 64.7 Å². The van der Waals surface area contributed by atoms with Crippen molar-refractivity contribution in [3.8, 4) is 6.07 Å². The molecule has 29 heavy (non-hydrogen) atoms. The summed E-state index contributed by atoms with van der Waals surface area (Å²) in [6, 6.07) is 12.5. The van der Waals surface area contributed by atoms with Crippen LogP contribution < -0.4 is 5.32 Å². The van der Waals surface area contributed by atoms with E-state index in [1.54, 1.807) is 6.07 Å². The predicted molar refractivity (Wildman–Crippen MR) is 107 cm³/mol. The molecule has 8 heteroatoms. The first-order valence-electron chi connectivity index (χ1n) is 8.60. The number of amides is 1. The number of nitriles is 1. The molecule has 1 heterocycles. The number of pyridine rings is 1. The maximum atomic E-state index is 13.1. The average molecular weight is 415 g/mol. The van der Waals surface area contributed by atoms with Gasteiger partial charge in [-0.05, 0) is 43.7 Å². The van der Waals surface area contributed by atoms with Gasteiger partial charge in [0.2, 0.25) is 5.91 Å². The van der Waals surface area contributed by atoms with E-state index >= 15 is 0 Å². The highest BCUT2D eigenvalue weighted by Gasteiger charge is 2.33. The topological polar surface area (TPSA) is 65.8 Å². The van der Waals surface area contributed by atoms with Crippen LogP contribution in [0.2, 0.25) is 0 Å². The van der Waals surface area contributed by atoms with E-state index in [9.17, 15) is 23.2 Å². The molecule has 0 aliphatic carbocycles. The van der Waals surface area contributed by atoms with Crippen LogP contribution in [0, 0.1) is 25.2 Å². The quantitative estimate of drug-likeness (QED) is 0.574. The number of carbonyl (C=O) groups excluding carboxylic acids is 1. The molecule has 0 aliphatic rings. The number of thioether (sulfide) groups is 1. The van der Waals surface area contributed by atoms with Crippen molar-refractivity contribution in [2.45, 2.75) is 25.0 Å². The minimum atomic E-state index is -4.57. The lowest BCUT2D eigenvalue weighted by Gasteiger charge is -2.13. The molecule has 148 valence electrons. The molecule has 0 bridgehead atoms. The number of aromatic nitrogens is 1. The van der Waals surface area contributed by atoms with E-state index in [1.807, 2.05) is 26.0 Å². The number of hydrogen-bond donors (Lipinski definition) is 1. The van der Waals surface area contributed by atoms with Gasteiger partial charge in [0.1, 0.15) is 11.1 Å². The van der Waals surface area contributed by atoms with Crippen molar-refractivity contribution >= 4 is 34.3 Å². The average Bonchev–Trinajstić information content (AvgIpc) is 2.65. The summed E-state index contributed by atoms with van der Waals surface area (Å²) < 4.78 is 39.2. The van der Waals surface area contributed by atoms with Gasteiger partial charge in [-0.3, -0.25) is 4.79 Å². The van der Waals surface area contributed by atoms with Crippen molar-refractivity contribution in [1.82, 2.24) is 4.98 Å².